The van der Waals surface area contributed by atoms with Gasteiger partial charge in [0.25, 0.3) is 0 Å². The van der Waals surface area contributed by atoms with Gasteiger partial charge >= 0.3 is 0 Å². The summed E-state index contributed by atoms with van der Waals surface area (Å²) in [7, 11) is -1.32. The van der Waals surface area contributed by atoms with Gasteiger partial charge in [0, 0.05) is 37.2 Å². The Labute approximate surface area is 354 Å². The third kappa shape index (κ3) is 7.39. The zero-order chi connectivity index (χ0) is 41.7. The summed E-state index contributed by atoms with van der Waals surface area (Å²) in [6.07, 6.45) is 3.66. The fourth-order valence-electron chi connectivity index (χ4n) is 7.04. The standard InChI is InChI=1S/C29H18NS.C22H20NSi.Ir/c1-3-8-20(9-4-1)22-14-15-24-25-12-7-13-26(29(25)31-28(24)19-22)27-18-23(16-17-30-27)21-10-5-2-6-11-21;1-24(2,3)17-12-14-22(23-15-17)21-10-6-9-19-18-8-5-4-7-16(18)11-13-20(19)21;/h1-12,14-19H;4-9,11-15H,1-3H3;/q2*-1;/i2D,5D,6D,10D,11D;;. The van der Waals surface area contributed by atoms with E-state index in [-0.39, 0.29) is 49.8 Å². The molecule has 273 valence electrons. The third-order valence-electron chi connectivity index (χ3n) is 9.95. The van der Waals surface area contributed by atoms with Gasteiger partial charge in [-0.25, -0.2) is 0 Å². The summed E-state index contributed by atoms with van der Waals surface area (Å²) in [6.45, 7) is 7.04. The zero-order valence-corrected chi connectivity index (χ0v) is 35.2. The summed E-state index contributed by atoms with van der Waals surface area (Å²) in [5.74, 6) is 0. The summed E-state index contributed by atoms with van der Waals surface area (Å²) in [5.41, 5.74) is 6.55. The van der Waals surface area contributed by atoms with Crippen molar-refractivity contribution in [2.45, 2.75) is 19.6 Å². The number of hydrogen-bond donors (Lipinski definition) is 0. The first kappa shape index (κ1) is 31.6. The molecule has 56 heavy (non-hydrogen) atoms. The van der Waals surface area contributed by atoms with Crippen LogP contribution in [0.1, 0.15) is 6.85 Å². The molecule has 0 saturated carbocycles. The molecular formula is C51H38IrN2SSi-2. The molecule has 0 atom stereocenters. The number of pyridine rings is 2. The first-order valence-corrected chi connectivity index (χ1v) is 22.5. The van der Waals surface area contributed by atoms with Crippen LogP contribution < -0.4 is 5.19 Å². The van der Waals surface area contributed by atoms with Crippen molar-refractivity contribution in [3.05, 3.63) is 188 Å². The molecule has 1 radical (unpaired) electrons. The van der Waals surface area contributed by atoms with E-state index in [1.54, 1.807) is 29.7 Å². The summed E-state index contributed by atoms with van der Waals surface area (Å²) < 4.78 is 42.8. The molecule has 0 N–H and O–H groups in total. The predicted molar refractivity (Wildman–Crippen MR) is 239 cm³/mol. The Morgan fingerprint density at radius 1 is 0.554 bits per heavy atom. The van der Waals surface area contributed by atoms with E-state index >= 15 is 0 Å². The van der Waals surface area contributed by atoms with Gasteiger partial charge in [0.05, 0.1) is 14.9 Å². The first-order valence-electron chi connectivity index (χ1n) is 20.7. The van der Waals surface area contributed by atoms with Crippen LogP contribution in [0.3, 0.4) is 0 Å². The van der Waals surface area contributed by atoms with Crippen LogP contribution in [-0.4, -0.2) is 18.0 Å². The van der Waals surface area contributed by atoms with E-state index in [4.69, 9.17) is 11.8 Å². The normalized spacial score (nSPS) is 12.6. The minimum absolute atomic E-state index is 0. The SMILES string of the molecule is C[Si](C)(C)c1ccc(-c2[c-]ccc3c2ccc2ccccc23)nc1.[2H]c1c([2H])c([2H])c(-c2ccnc(-c3[c-]ccc4c3sc3cc(-c5ccccc5)ccc34)c2)c([2H])c1[2H].[Ir]. The van der Waals surface area contributed by atoms with Crippen LogP contribution in [-0.2, 0) is 20.1 Å². The van der Waals surface area contributed by atoms with Crippen LogP contribution in [0.4, 0.5) is 0 Å². The topological polar surface area (TPSA) is 25.8 Å². The molecule has 3 aromatic heterocycles. The van der Waals surface area contributed by atoms with Crippen molar-refractivity contribution in [1.82, 2.24) is 9.97 Å². The molecule has 0 aliphatic carbocycles. The molecule has 0 amide bonds. The first-order chi connectivity index (χ1) is 29.0. The average molecular weight is 936 g/mol. The maximum atomic E-state index is 8.34. The van der Waals surface area contributed by atoms with Gasteiger partial charge in [-0.05, 0) is 71.8 Å². The largest absolute Gasteiger partial charge is 0.305 e. The minimum atomic E-state index is -1.32. The maximum absolute atomic E-state index is 8.34. The van der Waals surface area contributed by atoms with Crippen molar-refractivity contribution < 1.29 is 27.0 Å². The Morgan fingerprint density at radius 2 is 1.29 bits per heavy atom. The summed E-state index contributed by atoms with van der Waals surface area (Å²) in [4.78, 5) is 9.31. The van der Waals surface area contributed by atoms with Crippen molar-refractivity contribution in [3.8, 4) is 44.8 Å². The van der Waals surface area contributed by atoms with Crippen LogP contribution in [0, 0.1) is 12.1 Å². The molecule has 2 nitrogen and oxygen atoms in total. The van der Waals surface area contributed by atoms with Crippen molar-refractivity contribution in [3.63, 3.8) is 0 Å². The monoisotopic (exact) mass is 936 g/mol. The quantitative estimate of drug-likeness (QED) is 0.0976. The van der Waals surface area contributed by atoms with Crippen LogP contribution in [0.2, 0.25) is 19.6 Å². The fourth-order valence-corrected chi connectivity index (χ4v) is 9.32. The van der Waals surface area contributed by atoms with Gasteiger partial charge in [-0.15, -0.1) is 47.5 Å². The zero-order valence-electron chi connectivity index (χ0n) is 36.0. The maximum Gasteiger partial charge on any atom is 0.0795 e. The van der Waals surface area contributed by atoms with Gasteiger partial charge < -0.3 is 9.97 Å². The molecule has 0 aliphatic heterocycles. The predicted octanol–water partition coefficient (Wildman–Crippen LogP) is 13.6. The molecule has 0 unspecified atom stereocenters. The molecule has 0 bridgehead atoms. The molecule has 5 heteroatoms. The van der Waals surface area contributed by atoms with E-state index in [0.29, 0.717) is 11.3 Å². The van der Waals surface area contributed by atoms with Crippen LogP contribution >= 0.6 is 11.3 Å². The van der Waals surface area contributed by atoms with E-state index in [0.717, 1.165) is 48.1 Å². The number of nitrogens with zero attached hydrogens (tertiary/aromatic N) is 2. The Hall–Kier alpha value is -5.55. The van der Waals surface area contributed by atoms with E-state index < -0.39 is 14.1 Å². The van der Waals surface area contributed by atoms with E-state index in [2.05, 4.69) is 134 Å². The molecule has 0 spiro atoms. The van der Waals surface area contributed by atoms with Gasteiger partial charge in [-0.3, -0.25) is 0 Å². The summed E-state index contributed by atoms with van der Waals surface area (Å²) in [6, 6.07) is 50.8. The molecular weight excluding hydrogens is 893 g/mol. The van der Waals surface area contributed by atoms with Gasteiger partial charge in [-0.2, -0.15) is 11.3 Å². The Morgan fingerprint density at radius 3 is 2.07 bits per heavy atom. The van der Waals surface area contributed by atoms with Crippen LogP contribution in [0.25, 0.3) is 86.5 Å². The van der Waals surface area contributed by atoms with Crippen molar-refractivity contribution in [2.24, 2.45) is 0 Å². The number of fused-ring (bicyclic) bond motifs is 6. The van der Waals surface area contributed by atoms with Gasteiger partial charge in [0.2, 0.25) is 0 Å². The van der Waals surface area contributed by atoms with Gasteiger partial charge in [-0.1, -0.05) is 163 Å². The summed E-state index contributed by atoms with van der Waals surface area (Å²) in [5, 5.41) is 8.68. The molecule has 10 aromatic rings. The Bertz CT molecular complexity index is 3230. The van der Waals surface area contributed by atoms with E-state index in [1.807, 2.05) is 30.3 Å². The molecule has 10 rings (SSSR count). The summed E-state index contributed by atoms with van der Waals surface area (Å²) >= 11 is 1.68. The van der Waals surface area contributed by atoms with Crippen LogP contribution in [0.15, 0.2) is 176 Å². The van der Waals surface area contributed by atoms with Gasteiger partial charge in [0.1, 0.15) is 0 Å². The van der Waals surface area contributed by atoms with Crippen molar-refractivity contribution in [1.29, 1.82) is 0 Å². The molecule has 0 aliphatic rings. The number of thiophene rings is 1. The second-order valence-electron chi connectivity index (χ2n) is 14.5. The number of aromatic nitrogens is 2. The molecule has 7 aromatic carbocycles. The number of hydrogen-bond acceptors (Lipinski definition) is 3. The molecule has 0 saturated heterocycles. The molecule has 0 fully saturated rings. The third-order valence-corrected chi connectivity index (χ3v) is 13.2. The van der Waals surface area contributed by atoms with Crippen LogP contribution in [0.5, 0.6) is 0 Å². The average Bonchev–Trinajstić information content (AvgIpc) is 3.66. The van der Waals surface area contributed by atoms with E-state index in [9.17, 15) is 0 Å². The number of rotatable bonds is 5. The van der Waals surface area contributed by atoms with Crippen molar-refractivity contribution in [2.75, 3.05) is 0 Å². The second kappa shape index (κ2) is 15.9. The Kier molecular flexibility index (Phi) is 8.98. The van der Waals surface area contributed by atoms with E-state index in [1.165, 1.54) is 26.7 Å². The Balaban J connectivity index is 0.000000179. The minimum Gasteiger partial charge on any atom is -0.305 e. The smallest absolute Gasteiger partial charge is 0.0795 e. The fraction of sp³-hybridized carbons (Fsp3) is 0.0588. The van der Waals surface area contributed by atoms with Crippen molar-refractivity contribution >= 4 is 66.3 Å². The van der Waals surface area contributed by atoms with Gasteiger partial charge in [0.15, 0.2) is 0 Å². The second-order valence-corrected chi connectivity index (χ2v) is 20.6. The number of benzene rings is 7. The molecule has 3 heterocycles.